The van der Waals surface area contributed by atoms with E-state index in [1.807, 2.05) is 25.1 Å². The normalized spacial score (nSPS) is 36.1. The van der Waals surface area contributed by atoms with Crippen molar-refractivity contribution >= 4 is 0 Å². The maximum atomic E-state index is 5.96. The van der Waals surface area contributed by atoms with Crippen molar-refractivity contribution in [3.05, 3.63) is 35.9 Å². The van der Waals surface area contributed by atoms with Gasteiger partial charge in [0, 0.05) is 5.92 Å². The molecular weight excluding hydrogens is 216 g/mol. The van der Waals surface area contributed by atoms with Crippen LogP contribution in [0.5, 0.6) is 0 Å². The molecule has 0 N–H and O–H groups in total. The van der Waals surface area contributed by atoms with Crippen LogP contribution in [0.3, 0.4) is 0 Å². The number of hydrogen-bond donors (Lipinski definition) is 0. The van der Waals surface area contributed by atoms with Gasteiger partial charge in [-0.05, 0) is 18.9 Å². The summed E-state index contributed by atoms with van der Waals surface area (Å²) in [7, 11) is 0. The molecular formula is C14H18O3. The van der Waals surface area contributed by atoms with Crippen molar-refractivity contribution in [1.82, 2.24) is 0 Å². The van der Waals surface area contributed by atoms with E-state index in [-0.39, 0.29) is 6.10 Å². The molecule has 3 nitrogen and oxygen atoms in total. The van der Waals surface area contributed by atoms with Gasteiger partial charge in [-0.25, -0.2) is 0 Å². The van der Waals surface area contributed by atoms with Gasteiger partial charge >= 0.3 is 0 Å². The second-order valence-electron chi connectivity index (χ2n) is 4.91. The van der Waals surface area contributed by atoms with Crippen LogP contribution >= 0.6 is 0 Å². The van der Waals surface area contributed by atoms with Crippen LogP contribution in [0.4, 0.5) is 0 Å². The minimum Gasteiger partial charge on any atom is -0.371 e. The van der Waals surface area contributed by atoms with E-state index in [2.05, 4.69) is 12.1 Å². The molecule has 1 aromatic carbocycles. The molecule has 0 spiro atoms. The summed E-state index contributed by atoms with van der Waals surface area (Å²) in [6.07, 6.45) is 1.21. The summed E-state index contributed by atoms with van der Waals surface area (Å²) in [5.74, 6) is -0.0207. The van der Waals surface area contributed by atoms with Crippen molar-refractivity contribution in [1.29, 1.82) is 0 Å². The Balaban J connectivity index is 1.60. The largest absolute Gasteiger partial charge is 0.371 e. The summed E-state index contributed by atoms with van der Waals surface area (Å²) in [6.45, 7) is 4.11. The Kier molecular flexibility index (Phi) is 2.90. The lowest BCUT2D eigenvalue weighted by molar-refractivity contribution is -0.181. The second kappa shape index (κ2) is 4.41. The molecule has 2 fully saturated rings. The third-order valence-electron chi connectivity index (χ3n) is 3.78. The van der Waals surface area contributed by atoms with Gasteiger partial charge in [-0.1, -0.05) is 30.3 Å². The van der Waals surface area contributed by atoms with Crippen molar-refractivity contribution in [3.63, 3.8) is 0 Å². The number of hydrogen-bond acceptors (Lipinski definition) is 3. The van der Waals surface area contributed by atoms with E-state index < -0.39 is 5.79 Å². The first kappa shape index (κ1) is 11.2. The first-order valence-corrected chi connectivity index (χ1v) is 6.21. The van der Waals surface area contributed by atoms with E-state index in [4.69, 9.17) is 14.2 Å². The zero-order chi connectivity index (χ0) is 11.7. The molecule has 3 heteroatoms. The fraction of sp³-hybridized carbons (Fsp3) is 0.571. The fourth-order valence-corrected chi connectivity index (χ4v) is 2.74. The minimum atomic E-state index is -0.401. The van der Waals surface area contributed by atoms with E-state index in [0.29, 0.717) is 19.1 Å². The monoisotopic (exact) mass is 234 g/mol. The molecule has 0 saturated carbocycles. The lowest BCUT2D eigenvalue weighted by Gasteiger charge is -2.23. The van der Waals surface area contributed by atoms with Gasteiger partial charge in [0.15, 0.2) is 5.79 Å². The lowest BCUT2D eigenvalue weighted by Crippen LogP contribution is -2.32. The zero-order valence-electron chi connectivity index (χ0n) is 10.1. The van der Waals surface area contributed by atoms with Gasteiger partial charge in [0.05, 0.1) is 25.9 Å². The van der Waals surface area contributed by atoms with Gasteiger partial charge in [0.25, 0.3) is 0 Å². The summed E-state index contributed by atoms with van der Waals surface area (Å²) in [5, 5.41) is 0. The van der Waals surface area contributed by atoms with Crippen molar-refractivity contribution in [2.45, 2.75) is 31.8 Å². The number of rotatable bonds is 3. The molecule has 92 valence electrons. The van der Waals surface area contributed by atoms with Crippen LogP contribution in [0.1, 0.15) is 18.9 Å². The summed E-state index contributed by atoms with van der Waals surface area (Å²) in [4.78, 5) is 0. The summed E-state index contributed by atoms with van der Waals surface area (Å²) in [6, 6.07) is 10.3. The van der Waals surface area contributed by atoms with Crippen molar-refractivity contribution in [2.75, 3.05) is 13.2 Å². The molecule has 0 aliphatic carbocycles. The van der Waals surface area contributed by atoms with E-state index in [9.17, 15) is 0 Å². The molecule has 17 heavy (non-hydrogen) atoms. The van der Waals surface area contributed by atoms with Crippen LogP contribution in [0, 0.1) is 5.92 Å². The molecule has 3 rings (SSSR count). The molecule has 0 bridgehead atoms. The SMILES string of the molecule is C[C@@]12OCC[C@@H]1[C@@H](OCc1ccccc1)CO2. The molecule has 2 heterocycles. The molecule has 0 unspecified atom stereocenters. The fourth-order valence-electron chi connectivity index (χ4n) is 2.74. The Morgan fingerprint density at radius 2 is 2.12 bits per heavy atom. The maximum absolute atomic E-state index is 5.96. The van der Waals surface area contributed by atoms with Gasteiger partial charge in [-0.2, -0.15) is 0 Å². The average molecular weight is 234 g/mol. The van der Waals surface area contributed by atoms with E-state index >= 15 is 0 Å². The average Bonchev–Trinajstić information content (AvgIpc) is 2.85. The minimum absolute atomic E-state index is 0.169. The van der Waals surface area contributed by atoms with Gasteiger partial charge < -0.3 is 14.2 Å². The predicted molar refractivity (Wildman–Crippen MR) is 63.4 cm³/mol. The van der Waals surface area contributed by atoms with Crippen LogP contribution < -0.4 is 0 Å². The van der Waals surface area contributed by atoms with Gasteiger partial charge in [-0.15, -0.1) is 0 Å². The standard InChI is InChI=1S/C14H18O3/c1-14-12(7-8-16-14)13(10-17-14)15-9-11-5-3-2-4-6-11/h2-6,12-13H,7-10H2,1H3/t12-,13+,14+/m1/s1. The zero-order valence-corrected chi connectivity index (χ0v) is 10.1. The van der Waals surface area contributed by atoms with Gasteiger partial charge in [0.1, 0.15) is 0 Å². The third-order valence-corrected chi connectivity index (χ3v) is 3.78. The van der Waals surface area contributed by atoms with Crippen LogP contribution in [0.25, 0.3) is 0 Å². The molecule has 0 aromatic heterocycles. The molecule has 0 radical (unpaired) electrons. The molecule has 2 aliphatic heterocycles. The molecule has 2 saturated heterocycles. The highest BCUT2D eigenvalue weighted by molar-refractivity contribution is 5.13. The van der Waals surface area contributed by atoms with Gasteiger partial charge in [0.2, 0.25) is 0 Å². The molecule has 3 atom stereocenters. The Bertz CT molecular complexity index is 378. The smallest absolute Gasteiger partial charge is 0.171 e. The van der Waals surface area contributed by atoms with Crippen molar-refractivity contribution in [2.24, 2.45) is 5.92 Å². The van der Waals surface area contributed by atoms with Crippen LogP contribution in [0.15, 0.2) is 30.3 Å². The number of fused-ring (bicyclic) bond motifs is 1. The van der Waals surface area contributed by atoms with E-state index in [1.54, 1.807) is 0 Å². The number of benzene rings is 1. The quantitative estimate of drug-likeness (QED) is 0.803. The number of ether oxygens (including phenoxy) is 3. The molecule has 1 aromatic rings. The summed E-state index contributed by atoms with van der Waals surface area (Å²) < 4.78 is 17.3. The maximum Gasteiger partial charge on any atom is 0.171 e. The highest BCUT2D eigenvalue weighted by Crippen LogP contribution is 2.42. The Morgan fingerprint density at radius 3 is 2.94 bits per heavy atom. The summed E-state index contributed by atoms with van der Waals surface area (Å²) >= 11 is 0. The highest BCUT2D eigenvalue weighted by Gasteiger charge is 2.51. The Hall–Kier alpha value is -0.900. The van der Waals surface area contributed by atoms with Crippen LogP contribution in [-0.4, -0.2) is 25.1 Å². The second-order valence-corrected chi connectivity index (χ2v) is 4.91. The lowest BCUT2D eigenvalue weighted by atomic mass is 9.96. The van der Waals surface area contributed by atoms with Crippen molar-refractivity contribution in [3.8, 4) is 0 Å². The predicted octanol–water partition coefficient (Wildman–Crippen LogP) is 2.35. The first-order valence-electron chi connectivity index (χ1n) is 6.21. The topological polar surface area (TPSA) is 27.7 Å². The van der Waals surface area contributed by atoms with E-state index in [1.165, 1.54) is 5.56 Å². The summed E-state index contributed by atoms with van der Waals surface area (Å²) in [5.41, 5.74) is 1.21. The van der Waals surface area contributed by atoms with Crippen LogP contribution in [-0.2, 0) is 20.8 Å². The Labute approximate surface area is 102 Å². The highest BCUT2D eigenvalue weighted by atomic mass is 16.7. The van der Waals surface area contributed by atoms with Gasteiger partial charge in [-0.3, -0.25) is 0 Å². The van der Waals surface area contributed by atoms with Crippen LogP contribution in [0.2, 0.25) is 0 Å². The van der Waals surface area contributed by atoms with Crippen molar-refractivity contribution < 1.29 is 14.2 Å². The molecule has 0 amide bonds. The Morgan fingerprint density at radius 1 is 1.29 bits per heavy atom. The third kappa shape index (κ3) is 2.10. The molecule has 2 aliphatic rings. The van der Waals surface area contributed by atoms with E-state index in [0.717, 1.165) is 13.0 Å². The first-order chi connectivity index (χ1) is 8.28.